The predicted octanol–water partition coefficient (Wildman–Crippen LogP) is 3.95. The van der Waals surface area contributed by atoms with Gasteiger partial charge in [-0.2, -0.15) is 0 Å². The molecule has 4 aromatic rings. The maximum atomic E-state index is 13.5. The summed E-state index contributed by atoms with van der Waals surface area (Å²) in [4.78, 5) is 20.2. The number of hydrogen-bond acceptors (Lipinski definition) is 3. The Hall–Kier alpha value is -3.25. The molecule has 0 unspecified atom stereocenters. The Bertz CT molecular complexity index is 1160. The van der Waals surface area contributed by atoms with Crippen LogP contribution in [0, 0.1) is 5.82 Å². The van der Waals surface area contributed by atoms with Crippen LogP contribution in [0.15, 0.2) is 61.1 Å². The number of pyridine rings is 2. The Morgan fingerprint density at radius 1 is 1.12 bits per heavy atom. The first-order valence-corrected chi connectivity index (χ1v) is 8.10. The third-order valence-electron chi connectivity index (χ3n) is 4.07. The predicted molar refractivity (Wildman–Crippen MR) is 97.3 cm³/mol. The van der Waals surface area contributed by atoms with E-state index in [1.165, 1.54) is 18.3 Å². The van der Waals surface area contributed by atoms with Crippen LogP contribution in [0.1, 0.15) is 10.5 Å². The smallest absolute Gasteiger partial charge is 0.267 e. The maximum Gasteiger partial charge on any atom is 0.267 e. The van der Waals surface area contributed by atoms with Gasteiger partial charge in [-0.05, 0) is 36.4 Å². The molecule has 0 spiro atoms. The number of aromatic nitrogens is 3. The largest absolute Gasteiger partial charge is 0.364 e. The average molecular weight is 367 g/mol. The first-order chi connectivity index (χ1) is 12.5. The second kappa shape index (κ2) is 6.24. The normalized spacial score (nSPS) is 11.0. The summed E-state index contributed by atoms with van der Waals surface area (Å²) < 4.78 is 15.1. The highest BCUT2D eigenvalue weighted by atomic mass is 35.5. The molecule has 3 aromatic heterocycles. The molecule has 4 rings (SSSR count). The van der Waals surface area contributed by atoms with Gasteiger partial charge in [-0.15, -0.1) is 0 Å². The number of primary amides is 1. The molecule has 0 saturated heterocycles. The van der Waals surface area contributed by atoms with E-state index in [1.54, 1.807) is 35.0 Å². The minimum absolute atomic E-state index is 0.0279. The molecule has 5 nitrogen and oxygen atoms in total. The molecular weight excluding hydrogens is 355 g/mol. The van der Waals surface area contributed by atoms with Gasteiger partial charge in [-0.1, -0.05) is 17.7 Å². The van der Waals surface area contributed by atoms with Crippen molar-refractivity contribution >= 4 is 23.2 Å². The van der Waals surface area contributed by atoms with Gasteiger partial charge < -0.3 is 5.73 Å². The number of carbonyl (C=O) groups excluding carboxylic acids is 1. The van der Waals surface area contributed by atoms with Crippen molar-refractivity contribution in [1.29, 1.82) is 0 Å². The fourth-order valence-corrected chi connectivity index (χ4v) is 3.01. The molecule has 0 saturated carbocycles. The van der Waals surface area contributed by atoms with Gasteiger partial charge in [0.1, 0.15) is 17.2 Å². The standard InChI is InChI=1S/C19H12ClFN4O/c20-14-8-11(3-5-15(14)21)18-13(2-1-7-23-18)12-4-6-17-24-9-16(19(22)26)25(17)10-12/h1-10H,(H2,22,26). The van der Waals surface area contributed by atoms with E-state index in [-0.39, 0.29) is 10.7 Å². The van der Waals surface area contributed by atoms with E-state index in [0.717, 1.165) is 11.1 Å². The molecule has 7 heteroatoms. The molecule has 0 atom stereocenters. The van der Waals surface area contributed by atoms with Gasteiger partial charge in [-0.25, -0.2) is 9.37 Å². The topological polar surface area (TPSA) is 73.3 Å². The van der Waals surface area contributed by atoms with E-state index >= 15 is 0 Å². The van der Waals surface area contributed by atoms with Gasteiger partial charge >= 0.3 is 0 Å². The fourth-order valence-electron chi connectivity index (χ4n) is 2.83. The number of halogens is 2. The van der Waals surface area contributed by atoms with Crippen molar-refractivity contribution in [2.24, 2.45) is 5.73 Å². The van der Waals surface area contributed by atoms with Crippen LogP contribution in [0.5, 0.6) is 0 Å². The van der Waals surface area contributed by atoms with Crippen molar-refractivity contribution in [2.45, 2.75) is 0 Å². The van der Waals surface area contributed by atoms with Crippen molar-refractivity contribution < 1.29 is 9.18 Å². The number of imidazole rings is 1. The second-order valence-corrected chi connectivity index (χ2v) is 6.09. The highest BCUT2D eigenvalue weighted by molar-refractivity contribution is 6.31. The van der Waals surface area contributed by atoms with Crippen molar-refractivity contribution in [3.05, 3.63) is 77.6 Å². The van der Waals surface area contributed by atoms with Gasteiger partial charge in [0.25, 0.3) is 5.91 Å². The van der Waals surface area contributed by atoms with Gasteiger partial charge in [0.2, 0.25) is 0 Å². The number of amides is 1. The zero-order valence-corrected chi connectivity index (χ0v) is 14.1. The lowest BCUT2D eigenvalue weighted by Crippen LogP contribution is -2.13. The number of nitrogens with zero attached hydrogens (tertiary/aromatic N) is 3. The molecule has 2 N–H and O–H groups in total. The van der Waals surface area contributed by atoms with Crippen molar-refractivity contribution in [1.82, 2.24) is 14.4 Å². The van der Waals surface area contributed by atoms with Gasteiger partial charge in [0.15, 0.2) is 0 Å². The van der Waals surface area contributed by atoms with Crippen LogP contribution in [-0.4, -0.2) is 20.3 Å². The second-order valence-electron chi connectivity index (χ2n) is 5.68. The zero-order chi connectivity index (χ0) is 18.3. The monoisotopic (exact) mass is 366 g/mol. The summed E-state index contributed by atoms with van der Waals surface area (Å²) in [6, 6.07) is 11.8. The third kappa shape index (κ3) is 2.70. The Morgan fingerprint density at radius 2 is 1.92 bits per heavy atom. The summed E-state index contributed by atoms with van der Waals surface area (Å²) >= 11 is 5.91. The van der Waals surface area contributed by atoms with E-state index in [4.69, 9.17) is 17.3 Å². The van der Waals surface area contributed by atoms with E-state index < -0.39 is 11.7 Å². The first-order valence-electron chi connectivity index (χ1n) is 7.72. The number of carbonyl (C=O) groups is 1. The molecule has 0 aliphatic heterocycles. The Balaban J connectivity index is 1.91. The molecule has 0 aliphatic rings. The lowest BCUT2D eigenvalue weighted by atomic mass is 10.0. The highest BCUT2D eigenvalue weighted by Gasteiger charge is 2.13. The van der Waals surface area contributed by atoms with Crippen LogP contribution in [-0.2, 0) is 0 Å². The number of rotatable bonds is 3. The number of hydrogen-bond donors (Lipinski definition) is 1. The molecule has 26 heavy (non-hydrogen) atoms. The average Bonchev–Trinajstić information content (AvgIpc) is 3.07. The van der Waals surface area contributed by atoms with Crippen LogP contribution in [0.4, 0.5) is 4.39 Å². The van der Waals surface area contributed by atoms with Crippen molar-refractivity contribution in [3.63, 3.8) is 0 Å². The molecule has 1 aromatic carbocycles. The SMILES string of the molecule is NC(=O)c1cnc2ccc(-c3cccnc3-c3ccc(F)c(Cl)c3)cn12. The van der Waals surface area contributed by atoms with Crippen molar-refractivity contribution in [3.8, 4) is 22.4 Å². The summed E-state index contributed by atoms with van der Waals surface area (Å²) in [5.41, 5.74) is 9.25. The van der Waals surface area contributed by atoms with Crippen LogP contribution in [0.3, 0.4) is 0 Å². The van der Waals surface area contributed by atoms with Gasteiger partial charge in [0, 0.05) is 29.1 Å². The fraction of sp³-hybridized carbons (Fsp3) is 0. The summed E-state index contributed by atoms with van der Waals surface area (Å²) in [7, 11) is 0. The van der Waals surface area contributed by atoms with Crippen LogP contribution < -0.4 is 5.73 Å². The molecule has 0 bridgehead atoms. The van der Waals surface area contributed by atoms with E-state index in [2.05, 4.69) is 9.97 Å². The molecule has 128 valence electrons. The lowest BCUT2D eigenvalue weighted by Gasteiger charge is -2.10. The number of fused-ring (bicyclic) bond motifs is 1. The maximum absolute atomic E-state index is 13.5. The van der Waals surface area contributed by atoms with E-state index in [1.807, 2.05) is 12.1 Å². The van der Waals surface area contributed by atoms with Crippen LogP contribution >= 0.6 is 11.6 Å². The summed E-state index contributed by atoms with van der Waals surface area (Å²) in [5.74, 6) is -1.05. The van der Waals surface area contributed by atoms with Gasteiger partial charge in [-0.3, -0.25) is 14.2 Å². The molecular formula is C19H12ClFN4O. The molecule has 0 aliphatic carbocycles. The molecule has 0 radical (unpaired) electrons. The summed E-state index contributed by atoms with van der Waals surface area (Å²) in [6.45, 7) is 0. The first kappa shape index (κ1) is 16.2. The van der Waals surface area contributed by atoms with Crippen LogP contribution in [0.25, 0.3) is 28.0 Å². The van der Waals surface area contributed by atoms with Gasteiger partial charge in [0.05, 0.1) is 16.9 Å². The van der Waals surface area contributed by atoms with E-state index in [9.17, 15) is 9.18 Å². The molecule has 0 fully saturated rings. The zero-order valence-electron chi connectivity index (χ0n) is 13.4. The van der Waals surface area contributed by atoms with E-state index in [0.29, 0.717) is 16.9 Å². The quantitative estimate of drug-likeness (QED) is 0.596. The number of benzene rings is 1. The minimum Gasteiger partial charge on any atom is -0.364 e. The minimum atomic E-state index is -0.564. The summed E-state index contributed by atoms with van der Waals surface area (Å²) in [6.07, 6.45) is 4.86. The van der Waals surface area contributed by atoms with Crippen molar-refractivity contribution in [2.75, 3.05) is 0 Å². The molecule has 1 amide bonds. The Morgan fingerprint density at radius 3 is 2.69 bits per heavy atom. The van der Waals surface area contributed by atoms with Crippen LogP contribution in [0.2, 0.25) is 5.02 Å². The third-order valence-corrected chi connectivity index (χ3v) is 4.36. The highest BCUT2D eigenvalue weighted by Crippen LogP contribution is 2.32. The lowest BCUT2D eigenvalue weighted by molar-refractivity contribution is 0.0995. The number of nitrogens with two attached hydrogens (primary N) is 1. The Labute approximate surface area is 152 Å². The Kier molecular flexibility index (Phi) is 3.89. The molecule has 3 heterocycles. The summed E-state index contributed by atoms with van der Waals surface area (Å²) in [5, 5.41) is 0.0279.